The van der Waals surface area contributed by atoms with Crippen molar-refractivity contribution < 1.29 is 4.39 Å². The number of hydrogen-bond donors (Lipinski definition) is 1. The lowest BCUT2D eigenvalue weighted by atomic mass is 10.1. The predicted octanol–water partition coefficient (Wildman–Crippen LogP) is 3.64. The lowest BCUT2D eigenvalue weighted by molar-refractivity contribution is 0.628. The molecule has 0 aliphatic carbocycles. The molecule has 0 bridgehead atoms. The van der Waals surface area contributed by atoms with Gasteiger partial charge in [0, 0.05) is 17.3 Å². The van der Waals surface area contributed by atoms with Gasteiger partial charge in [-0.15, -0.1) is 0 Å². The summed E-state index contributed by atoms with van der Waals surface area (Å²) in [4.78, 5) is 8.54. The summed E-state index contributed by atoms with van der Waals surface area (Å²) in [5, 5.41) is 0.0459. The van der Waals surface area contributed by atoms with Gasteiger partial charge in [-0.25, -0.2) is 14.4 Å². The van der Waals surface area contributed by atoms with E-state index in [1.165, 1.54) is 12.1 Å². The predicted molar refractivity (Wildman–Crippen MR) is 70.9 cm³/mol. The Morgan fingerprint density at radius 2 is 1.94 bits per heavy atom. The zero-order valence-electron chi connectivity index (χ0n) is 10.1. The number of nitrogens with zero attached hydrogens (tertiary/aromatic N) is 2. The summed E-state index contributed by atoms with van der Waals surface area (Å²) in [5.41, 5.74) is 7.24. The standard InChI is InChI=1S/C13H13ClFN3/c1-7(2)11-6-12(16)18-13(17-11)8-3-4-10(15)9(14)5-8/h3-7H,1-2H3,(H2,16,17,18). The van der Waals surface area contributed by atoms with Gasteiger partial charge < -0.3 is 5.73 Å². The van der Waals surface area contributed by atoms with E-state index in [1.807, 2.05) is 13.8 Å². The molecule has 0 radical (unpaired) electrons. The number of rotatable bonds is 2. The summed E-state index contributed by atoms with van der Waals surface area (Å²) in [6.45, 7) is 4.03. The van der Waals surface area contributed by atoms with Crippen molar-refractivity contribution in [2.45, 2.75) is 19.8 Å². The average Bonchev–Trinajstić information content (AvgIpc) is 2.31. The van der Waals surface area contributed by atoms with Crippen LogP contribution in [0.5, 0.6) is 0 Å². The van der Waals surface area contributed by atoms with Crippen LogP contribution in [0.15, 0.2) is 24.3 Å². The van der Waals surface area contributed by atoms with Crippen molar-refractivity contribution in [1.29, 1.82) is 0 Å². The van der Waals surface area contributed by atoms with Crippen molar-refractivity contribution in [1.82, 2.24) is 9.97 Å². The second-order valence-electron chi connectivity index (χ2n) is 4.32. The Morgan fingerprint density at radius 3 is 2.56 bits per heavy atom. The van der Waals surface area contributed by atoms with Crippen LogP contribution in [0, 0.1) is 5.82 Å². The molecule has 1 aromatic carbocycles. The summed E-state index contributed by atoms with van der Waals surface area (Å²) in [6.07, 6.45) is 0. The first-order valence-corrected chi connectivity index (χ1v) is 5.95. The molecule has 1 heterocycles. The van der Waals surface area contributed by atoms with E-state index in [1.54, 1.807) is 12.1 Å². The van der Waals surface area contributed by atoms with Crippen molar-refractivity contribution in [2.75, 3.05) is 5.73 Å². The number of nitrogens with two attached hydrogens (primary N) is 1. The largest absolute Gasteiger partial charge is 0.384 e. The number of nitrogen functional groups attached to an aromatic ring is 1. The molecular formula is C13H13ClFN3. The van der Waals surface area contributed by atoms with E-state index in [0.717, 1.165) is 5.69 Å². The fourth-order valence-electron chi connectivity index (χ4n) is 1.55. The van der Waals surface area contributed by atoms with Gasteiger partial charge in [-0.2, -0.15) is 0 Å². The third-order valence-corrected chi connectivity index (χ3v) is 2.82. The SMILES string of the molecule is CC(C)c1cc(N)nc(-c2ccc(F)c(Cl)c2)n1. The highest BCUT2D eigenvalue weighted by Gasteiger charge is 2.10. The molecule has 94 valence electrons. The van der Waals surface area contributed by atoms with Gasteiger partial charge in [0.05, 0.1) is 5.02 Å². The molecule has 0 aliphatic heterocycles. The number of anilines is 1. The highest BCUT2D eigenvalue weighted by Crippen LogP contribution is 2.24. The summed E-state index contributed by atoms with van der Waals surface area (Å²) in [6, 6.07) is 6.11. The fourth-order valence-corrected chi connectivity index (χ4v) is 1.73. The second kappa shape index (κ2) is 4.90. The number of halogens is 2. The summed E-state index contributed by atoms with van der Waals surface area (Å²) >= 11 is 5.74. The molecule has 0 atom stereocenters. The maximum absolute atomic E-state index is 13.1. The van der Waals surface area contributed by atoms with Gasteiger partial charge in [0.25, 0.3) is 0 Å². The smallest absolute Gasteiger partial charge is 0.161 e. The number of aromatic nitrogens is 2. The van der Waals surface area contributed by atoms with Crippen LogP contribution >= 0.6 is 11.6 Å². The van der Waals surface area contributed by atoms with Crippen molar-refractivity contribution in [2.24, 2.45) is 0 Å². The number of hydrogen-bond acceptors (Lipinski definition) is 3. The Kier molecular flexibility index (Phi) is 3.48. The molecule has 3 nitrogen and oxygen atoms in total. The van der Waals surface area contributed by atoms with Gasteiger partial charge in [0.15, 0.2) is 5.82 Å². The van der Waals surface area contributed by atoms with Gasteiger partial charge in [0.1, 0.15) is 11.6 Å². The van der Waals surface area contributed by atoms with Crippen LogP contribution in [-0.2, 0) is 0 Å². The fraction of sp³-hybridized carbons (Fsp3) is 0.231. The van der Waals surface area contributed by atoms with E-state index < -0.39 is 5.82 Å². The summed E-state index contributed by atoms with van der Waals surface area (Å²) in [7, 11) is 0. The summed E-state index contributed by atoms with van der Waals surface area (Å²) < 4.78 is 13.1. The van der Waals surface area contributed by atoms with E-state index in [9.17, 15) is 4.39 Å². The zero-order chi connectivity index (χ0) is 13.3. The Bertz CT molecular complexity index is 584. The molecular weight excluding hydrogens is 253 g/mol. The molecule has 18 heavy (non-hydrogen) atoms. The zero-order valence-corrected chi connectivity index (χ0v) is 10.9. The van der Waals surface area contributed by atoms with Gasteiger partial charge in [-0.3, -0.25) is 0 Å². The van der Waals surface area contributed by atoms with E-state index >= 15 is 0 Å². The third kappa shape index (κ3) is 2.59. The first-order chi connectivity index (χ1) is 8.47. The topological polar surface area (TPSA) is 51.8 Å². The second-order valence-corrected chi connectivity index (χ2v) is 4.73. The molecule has 0 unspecified atom stereocenters. The van der Waals surface area contributed by atoms with Crippen molar-refractivity contribution in [3.8, 4) is 11.4 Å². The van der Waals surface area contributed by atoms with Crippen LogP contribution in [0.1, 0.15) is 25.5 Å². The van der Waals surface area contributed by atoms with Crippen LogP contribution < -0.4 is 5.73 Å². The molecule has 0 saturated carbocycles. The summed E-state index contributed by atoms with van der Waals surface area (Å²) in [5.74, 6) is 0.628. The molecule has 0 aliphatic rings. The first kappa shape index (κ1) is 12.8. The quantitative estimate of drug-likeness (QED) is 0.902. The molecule has 2 N–H and O–H groups in total. The minimum Gasteiger partial charge on any atom is -0.384 e. The molecule has 2 rings (SSSR count). The molecule has 0 saturated heterocycles. The lowest BCUT2D eigenvalue weighted by Gasteiger charge is -2.08. The monoisotopic (exact) mass is 265 g/mol. The van der Waals surface area contributed by atoms with Crippen LogP contribution in [0.4, 0.5) is 10.2 Å². The van der Waals surface area contributed by atoms with Crippen LogP contribution in [0.25, 0.3) is 11.4 Å². The van der Waals surface area contributed by atoms with Gasteiger partial charge >= 0.3 is 0 Å². The molecule has 0 amide bonds. The van der Waals surface area contributed by atoms with Crippen molar-refractivity contribution in [3.05, 3.63) is 40.8 Å². The van der Waals surface area contributed by atoms with E-state index in [2.05, 4.69) is 9.97 Å². The molecule has 0 fully saturated rings. The van der Waals surface area contributed by atoms with Crippen molar-refractivity contribution in [3.63, 3.8) is 0 Å². The highest BCUT2D eigenvalue weighted by molar-refractivity contribution is 6.31. The first-order valence-electron chi connectivity index (χ1n) is 5.57. The Balaban J connectivity index is 2.53. The normalized spacial score (nSPS) is 10.9. The maximum Gasteiger partial charge on any atom is 0.161 e. The third-order valence-electron chi connectivity index (χ3n) is 2.54. The van der Waals surface area contributed by atoms with Crippen molar-refractivity contribution >= 4 is 17.4 Å². The lowest BCUT2D eigenvalue weighted by Crippen LogP contribution is -2.01. The minimum atomic E-state index is -0.464. The highest BCUT2D eigenvalue weighted by atomic mass is 35.5. The van der Waals surface area contributed by atoms with Crippen LogP contribution in [0.3, 0.4) is 0 Å². The van der Waals surface area contributed by atoms with E-state index in [0.29, 0.717) is 17.2 Å². The minimum absolute atomic E-state index is 0.0459. The average molecular weight is 266 g/mol. The van der Waals surface area contributed by atoms with Crippen LogP contribution in [0.2, 0.25) is 5.02 Å². The Labute approximate surface area is 110 Å². The number of benzene rings is 1. The van der Waals surface area contributed by atoms with Gasteiger partial charge in [0.2, 0.25) is 0 Å². The Hall–Kier alpha value is -1.68. The van der Waals surface area contributed by atoms with E-state index in [-0.39, 0.29) is 10.9 Å². The molecule has 1 aromatic heterocycles. The molecule has 2 aromatic rings. The maximum atomic E-state index is 13.1. The van der Waals surface area contributed by atoms with Gasteiger partial charge in [-0.1, -0.05) is 25.4 Å². The van der Waals surface area contributed by atoms with E-state index in [4.69, 9.17) is 17.3 Å². The molecule has 5 heteroatoms. The van der Waals surface area contributed by atoms with Crippen LogP contribution in [-0.4, -0.2) is 9.97 Å². The molecule has 0 spiro atoms. The van der Waals surface area contributed by atoms with Gasteiger partial charge in [-0.05, 0) is 24.1 Å². The Morgan fingerprint density at radius 1 is 1.22 bits per heavy atom.